The number of aromatic hydroxyl groups is 1. The van der Waals surface area contributed by atoms with Crippen molar-refractivity contribution in [1.82, 2.24) is 57.8 Å². The van der Waals surface area contributed by atoms with E-state index in [0.29, 0.717) is 49.0 Å². The summed E-state index contributed by atoms with van der Waals surface area (Å²) in [5.74, 6) is -10.5. The van der Waals surface area contributed by atoms with Gasteiger partial charge in [0, 0.05) is 37.6 Å². The first-order valence-electron chi connectivity index (χ1n) is 25.7. The van der Waals surface area contributed by atoms with Crippen LogP contribution in [0.3, 0.4) is 0 Å². The summed E-state index contributed by atoms with van der Waals surface area (Å²) in [6, 6.07) is 3.20. The first-order valence-corrected chi connectivity index (χ1v) is 25.7. The molecule has 0 fully saturated rings. The van der Waals surface area contributed by atoms with E-state index in [4.69, 9.17) is 17.2 Å². The smallest absolute Gasteiger partial charge is 0.326 e. The molecule has 19 N–H and O–H groups in total. The van der Waals surface area contributed by atoms with Gasteiger partial charge in [-0.05, 0) is 95.1 Å². The highest BCUT2D eigenvalue weighted by molar-refractivity contribution is 5.98. The molecular formula is C51H74N14O14. The average Bonchev–Trinajstić information content (AvgIpc) is 3.94. The van der Waals surface area contributed by atoms with Gasteiger partial charge >= 0.3 is 11.9 Å². The van der Waals surface area contributed by atoms with E-state index in [1.807, 2.05) is 0 Å². The van der Waals surface area contributed by atoms with E-state index in [2.05, 4.69) is 57.8 Å². The Labute approximate surface area is 455 Å². The maximum atomic E-state index is 14.3. The Morgan fingerprint density at radius 1 is 0.519 bits per heavy atom. The number of nitrogens with two attached hydrogens (primary N) is 3. The third-order valence-electron chi connectivity index (χ3n) is 12.1. The van der Waals surface area contributed by atoms with Gasteiger partial charge in [0.2, 0.25) is 53.2 Å². The van der Waals surface area contributed by atoms with Crippen molar-refractivity contribution in [1.29, 1.82) is 0 Å². The van der Waals surface area contributed by atoms with Crippen LogP contribution in [-0.2, 0) is 72.0 Å². The number of aromatic amines is 1. The topological polar surface area (TPSA) is 463 Å². The predicted molar refractivity (Wildman–Crippen MR) is 283 cm³/mol. The van der Waals surface area contributed by atoms with E-state index in [1.165, 1.54) is 50.6 Å². The number of nitrogens with one attached hydrogen (secondary N) is 10. The van der Waals surface area contributed by atoms with Crippen molar-refractivity contribution < 1.29 is 68.1 Å². The largest absolute Gasteiger partial charge is 0.508 e. The van der Waals surface area contributed by atoms with E-state index in [1.54, 1.807) is 30.3 Å². The highest BCUT2D eigenvalue weighted by atomic mass is 16.4. The normalized spacial score (nSPS) is 13.9. The van der Waals surface area contributed by atoms with Crippen LogP contribution in [0.5, 0.6) is 5.75 Å². The number of amides is 9. The fourth-order valence-corrected chi connectivity index (χ4v) is 7.70. The van der Waals surface area contributed by atoms with Crippen molar-refractivity contribution in [2.75, 3.05) is 26.2 Å². The van der Waals surface area contributed by atoms with Crippen LogP contribution in [-0.4, -0.2) is 165 Å². The van der Waals surface area contributed by atoms with Crippen molar-refractivity contribution >= 4 is 65.1 Å². The molecule has 0 saturated carbocycles. The second kappa shape index (κ2) is 34.3. The Bertz CT molecular complexity index is 2500. The zero-order valence-electron chi connectivity index (χ0n) is 44.1. The van der Waals surface area contributed by atoms with E-state index < -0.39 is 139 Å². The van der Waals surface area contributed by atoms with Crippen LogP contribution in [0.25, 0.3) is 0 Å². The van der Waals surface area contributed by atoms with Gasteiger partial charge in [-0.2, -0.15) is 0 Å². The van der Waals surface area contributed by atoms with Gasteiger partial charge in [-0.15, -0.1) is 0 Å². The van der Waals surface area contributed by atoms with Crippen LogP contribution < -0.4 is 65.1 Å². The first-order chi connectivity index (χ1) is 37.6. The number of unbranched alkanes of at least 4 members (excludes halogenated alkanes) is 2. The van der Waals surface area contributed by atoms with Crippen molar-refractivity contribution in [2.45, 2.75) is 133 Å². The molecule has 0 bridgehead atoms. The van der Waals surface area contributed by atoms with Crippen molar-refractivity contribution in [3.63, 3.8) is 0 Å². The summed E-state index contributed by atoms with van der Waals surface area (Å²) in [5.41, 5.74) is 18.0. The molecule has 1 heterocycles. The summed E-state index contributed by atoms with van der Waals surface area (Å²) in [6.45, 7) is 2.05. The van der Waals surface area contributed by atoms with Crippen molar-refractivity contribution in [2.24, 2.45) is 17.2 Å². The molecule has 8 atom stereocenters. The highest BCUT2D eigenvalue weighted by Gasteiger charge is 2.33. The van der Waals surface area contributed by atoms with E-state index >= 15 is 0 Å². The lowest BCUT2D eigenvalue weighted by Gasteiger charge is -2.26. The number of carboxylic acids is 2. The van der Waals surface area contributed by atoms with E-state index in [0.717, 1.165) is 0 Å². The molecule has 0 saturated heterocycles. The summed E-state index contributed by atoms with van der Waals surface area (Å²) >= 11 is 0. The van der Waals surface area contributed by atoms with Crippen LogP contribution in [0.15, 0.2) is 67.1 Å². The monoisotopic (exact) mass is 1110 g/mol. The molecule has 0 spiro atoms. The Morgan fingerprint density at radius 2 is 0.987 bits per heavy atom. The Balaban J connectivity index is 1.80. The number of rotatable bonds is 36. The van der Waals surface area contributed by atoms with Crippen LogP contribution in [0, 0.1) is 0 Å². The van der Waals surface area contributed by atoms with Gasteiger partial charge in [-0.25, -0.2) is 9.78 Å². The van der Waals surface area contributed by atoms with E-state index in [-0.39, 0.29) is 44.4 Å². The van der Waals surface area contributed by atoms with Crippen molar-refractivity contribution in [3.8, 4) is 5.75 Å². The van der Waals surface area contributed by atoms with Gasteiger partial charge in [0.05, 0.1) is 19.4 Å². The second-order valence-corrected chi connectivity index (χ2v) is 18.5. The maximum Gasteiger partial charge on any atom is 0.326 e. The molecule has 0 aliphatic rings. The number of phenolic OH excluding ortho intramolecular Hbond substituents is 1. The van der Waals surface area contributed by atoms with Gasteiger partial charge in [0.25, 0.3) is 0 Å². The number of imidazole rings is 1. The number of aromatic nitrogens is 2. The number of aliphatic carboxylic acids is 2. The van der Waals surface area contributed by atoms with Crippen molar-refractivity contribution in [3.05, 3.63) is 83.9 Å². The molecule has 79 heavy (non-hydrogen) atoms. The summed E-state index contributed by atoms with van der Waals surface area (Å²) in [7, 11) is 0. The van der Waals surface area contributed by atoms with Crippen LogP contribution in [0.1, 0.15) is 82.0 Å². The molecule has 0 radical (unpaired) electrons. The highest BCUT2D eigenvalue weighted by Crippen LogP contribution is 2.13. The molecule has 0 aliphatic heterocycles. The summed E-state index contributed by atoms with van der Waals surface area (Å²) in [4.78, 5) is 152. The molecule has 3 rings (SSSR count). The van der Waals surface area contributed by atoms with Gasteiger partial charge < -0.3 is 85.4 Å². The quantitative estimate of drug-likeness (QED) is 0.0250. The standard InChI is InChI=1S/C51H74N14O14/c1-29(58-47(74)35(12-6-8-20-52)60-41(67)25-54)44(71)62-37(18-19-43(69)70)49(76)63-38(22-32-14-16-34(66)17-15-32)50(77)64-39(24-33-26-55-28-57-33)46(73)56-27-42(68)61-36(13-7-9-21-53)48(75)59-30(2)45(72)65-40(51(78)79)23-31-10-4-3-5-11-31/h3-5,10-11,14-17,26,28-30,35-40,66H,6-9,12-13,18-25,27,52-54H2,1-2H3,(H,55,57)(H,56,73)(H,58,74)(H,59,75)(H,60,67)(H,61,68)(H,62,71)(H,63,76)(H,64,77)(H,65,72)(H,69,70)(H,78,79)/t29-,30-,35-,36-,37-,38-,39-,40-/m0/s1. The molecule has 28 heteroatoms. The minimum atomic E-state index is -1.62. The minimum Gasteiger partial charge on any atom is -0.508 e. The number of carbonyl (C=O) groups excluding carboxylic acids is 9. The fraction of sp³-hybridized carbons (Fsp3) is 0.490. The Hall–Kier alpha value is -8.50. The predicted octanol–water partition coefficient (Wildman–Crippen LogP) is -3.66. The van der Waals surface area contributed by atoms with E-state index in [9.17, 15) is 68.1 Å². The van der Waals surface area contributed by atoms with Gasteiger partial charge in [0.15, 0.2) is 0 Å². The molecule has 432 valence electrons. The zero-order chi connectivity index (χ0) is 58.4. The molecule has 2 aromatic carbocycles. The lowest BCUT2D eigenvalue weighted by Crippen LogP contribution is -2.59. The number of hydrogen-bond acceptors (Lipinski definition) is 16. The number of benzene rings is 2. The number of carbonyl (C=O) groups is 11. The number of nitrogens with zero attached hydrogens (tertiary/aromatic N) is 1. The van der Waals surface area contributed by atoms with Gasteiger partial charge in [-0.3, -0.25) is 47.9 Å². The minimum absolute atomic E-state index is 0.0310. The molecule has 3 aromatic rings. The van der Waals surface area contributed by atoms with Crippen LogP contribution in [0.4, 0.5) is 0 Å². The summed E-state index contributed by atoms with van der Waals surface area (Å²) in [6.07, 6.45) is 2.99. The second-order valence-electron chi connectivity index (χ2n) is 18.5. The summed E-state index contributed by atoms with van der Waals surface area (Å²) < 4.78 is 0. The number of H-pyrrole nitrogens is 1. The third kappa shape index (κ3) is 24.2. The lowest BCUT2D eigenvalue weighted by molar-refractivity contribution is -0.142. The first kappa shape index (κ1) is 64.8. The SMILES string of the molecule is C[C@H](NC(=O)[C@H](CCCCN)NC(=O)CNC(=O)[C@H](Cc1cnc[nH]1)NC(=O)[C@H](Cc1ccc(O)cc1)NC(=O)[C@H](CCC(=O)O)NC(=O)[C@H](C)NC(=O)[C@H](CCCCN)NC(=O)CN)C(=O)N[C@@H](Cc1ccccc1)C(=O)O. The number of hydrogen-bond donors (Lipinski definition) is 16. The molecule has 9 amide bonds. The lowest BCUT2D eigenvalue weighted by atomic mass is 10.0. The van der Waals surface area contributed by atoms with Gasteiger partial charge in [0.1, 0.15) is 54.1 Å². The Morgan fingerprint density at radius 3 is 1.49 bits per heavy atom. The average molecular weight is 1110 g/mol. The molecule has 0 unspecified atom stereocenters. The maximum absolute atomic E-state index is 14.3. The molecule has 0 aliphatic carbocycles. The molecular weight excluding hydrogens is 1030 g/mol. The third-order valence-corrected chi connectivity index (χ3v) is 12.1. The zero-order valence-corrected chi connectivity index (χ0v) is 44.1. The number of phenols is 1. The molecule has 28 nitrogen and oxygen atoms in total. The number of carboxylic acid groups (broad SMARTS) is 2. The van der Waals surface area contributed by atoms with Gasteiger partial charge in [-0.1, -0.05) is 42.5 Å². The molecule has 1 aromatic heterocycles. The Kier molecular flexibility index (Phi) is 28.1. The fourth-order valence-electron chi connectivity index (χ4n) is 7.70. The van der Waals surface area contributed by atoms with Crippen LogP contribution >= 0.6 is 0 Å². The van der Waals surface area contributed by atoms with Crippen LogP contribution in [0.2, 0.25) is 0 Å². The summed E-state index contributed by atoms with van der Waals surface area (Å²) in [5, 5.41) is 51.6.